The smallest absolute Gasteiger partial charge is 0.465 e. The van der Waals surface area contributed by atoms with Crippen LogP contribution < -0.4 is 0 Å². The van der Waals surface area contributed by atoms with Gasteiger partial charge < -0.3 is 37.7 Å². The molecule has 0 aromatic heterocycles. The van der Waals surface area contributed by atoms with E-state index in [0.717, 1.165) is 142 Å². The maximum Gasteiger partial charge on any atom is 0.508 e. The molecule has 1 aliphatic heterocycles. The first-order valence-corrected chi connectivity index (χ1v) is 31.0. The molecule has 1 fully saturated rings. The van der Waals surface area contributed by atoms with Crippen LogP contribution in [0.1, 0.15) is 202 Å². The van der Waals surface area contributed by atoms with Gasteiger partial charge in [-0.25, -0.2) is 4.79 Å². The van der Waals surface area contributed by atoms with E-state index in [1.807, 2.05) is 0 Å². The SMILES string of the molecule is CC/C=C\CCCCOC(CCC(=O)OCC(COC(=O)CCCCCCC/C=C\C/C=C\CCCCC)COC(=O)OCC1CCCN(CCCO[Si](C)(C)C(C)(C)C)C1)OCCCC/C=C\CC. The highest BCUT2D eigenvalue weighted by atomic mass is 28.4. The minimum Gasteiger partial charge on any atom is -0.465 e. The zero-order valence-electron chi connectivity index (χ0n) is 46.1. The first kappa shape index (κ1) is 65.2. The number of carbonyl (C=O) groups excluding carboxylic acids is 3. The molecule has 1 saturated heterocycles. The number of hydrogen-bond acceptors (Lipinski definition) is 11. The topological polar surface area (TPSA) is 119 Å². The quantitative estimate of drug-likeness (QED) is 0.0145. The maximum atomic E-state index is 13.1. The first-order chi connectivity index (χ1) is 33.8. The summed E-state index contributed by atoms with van der Waals surface area (Å²) >= 11 is 0. The van der Waals surface area contributed by atoms with E-state index in [1.165, 1.54) is 25.7 Å². The molecule has 0 spiro atoms. The van der Waals surface area contributed by atoms with Crippen molar-refractivity contribution < 1.29 is 47.2 Å². The van der Waals surface area contributed by atoms with Gasteiger partial charge in [-0.1, -0.05) is 122 Å². The number of ether oxygens (including phenoxy) is 6. The second-order valence-corrected chi connectivity index (χ2v) is 25.6. The summed E-state index contributed by atoms with van der Waals surface area (Å²) in [4.78, 5) is 41.3. The molecular weight excluding hydrogens is 899 g/mol. The monoisotopic (exact) mass is 1000 g/mol. The van der Waals surface area contributed by atoms with Crippen molar-refractivity contribution in [3.8, 4) is 0 Å². The maximum absolute atomic E-state index is 13.1. The fraction of sp³-hybridized carbons (Fsp3) is 0.810. The number of piperidine rings is 1. The van der Waals surface area contributed by atoms with Gasteiger partial charge in [0.2, 0.25) is 0 Å². The fourth-order valence-electron chi connectivity index (χ4n) is 7.70. The number of nitrogens with zero attached hydrogens (tertiary/aromatic N) is 1. The van der Waals surface area contributed by atoms with Gasteiger partial charge in [-0.15, -0.1) is 0 Å². The molecule has 0 amide bonds. The standard InChI is InChI=1S/C58H105NO10Si/c1-9-12-15-18-21-22-23-24-25-26-27-28-29-30-33-39-54(60)65-49-53(51-68-57(62)67-48-52-38-36-42-59(47-52)43-37-46-69-70(7,8)58(4,5)6)50-66-55(61)40-41-56(63-44-34-31-19-16-13-10-2)64-45-35-32-20-17-14-11-3/h13-14,16-17,21-22,24-25,52-53,56H,9-12,15,18-20,23,26-51H2,1-8H3/b16-13-,17-14-,22-21-,25-24-. The lowest BCUT2D eigenvalue weighted by atomic mass is 9.99. The van der Waals surface area contributed by atoms with Crippen LogP contribution in [0.4, 0.5) is 4.79 Å². The van der Waals surface area contributed by atoms with E-state index in [1.54, 1.807) is 0 Å². The highest BCUT2D eigenvalue weighted by molar-refractivity contribution is 6.74. The van der Waals surface area contributed by atoms with Crippen LogP contribution in [0.15, 0.2) is 48.6 Å². The van der Waals surface area contributed by atoms with Crippen molar-refractivity contribution in [3.63, 3.8) is 0 Å². The van der Waals surface area contributed by atoms with E-state index in [4.69, 9.17) is 32.8 Å². The van der Waals surface area contributed by atoms with Crippen LogP contribution in [0.25, 0.3) is 0 Å². The fourth-order valence-corrected chi connectivity index (χ4v) is 8.79. The normalized spacial score (nSPS) is 15.5. The lowest BCUT2D eigenvalue weighted by molar-refractivity contribution is -0.161. The average Bonchev–Trinajstić information content (AvgIpc) is 3.33. The van der Waals surface area contributed by atoms with E-state index >= 15 is 0 Å². The Bertz CT molecular complexity index is 1380. The summed E-state index contributed by atoms with van der Waals surface area (Å²) in [6.45, 7) is 22.7. The molecule has 1 rings (SSSR count). The van der Waals surface area contributed by atoms with Gasteiger partial charge in [0, 0.05) is 51.7 Å². The van der Waals surface area contributed by atoms with E-state index in [9.17, 15) is 14.4 Å². The lowest BCUT2D eigenvalue weighted by Gasteiger charge is -2.37. The minimum absolute atomic E-state index is 0.0356. The molecule has 0 N–H and O–H groups in total. The molecule has 1 heterocycles. The van der Waals surface area contributed by atoms with Gasteiger partial charge in [0.25, 0.3) is 0 Å². The number of unbranched alkanes of at least 4 members (excludes halogenated alkanes) is 12. The van der Waals surface area contributed by atoms with Crippen LogP contribution >= 0.6 is 0 Å². The predicted molar refractivity (Wildman–Crippen MR) is 290 cm³/mol. The Balaban J connectivity index is 2.67. The van der Waals surface area contributed by atoms with Gasteiger partial charge >= 0.3 is 18.1 Å². The second kappa shape index (κ2) is 43.8. The van der Waals surface area contributed by atoms with Gasteiger partial charge in [-0.05, 0) is 134 Å². The van der Waals surface area contributed by atoms with Crippen LogP contribution in [-0.4, -0.2) is 103 Å². The molecule has 0 radical (unpaired) electrons. The Labute approximate surface area is 429 Å². The molecule has 0 aliphatic carbocycles. The average molecular weight is 1000 g/mol. The predicted octanol–water partition coefficient (Wildman–Crippen LogP) is 15.2. The summed E-state index contributed by atoms with van der Waals surface area (Å²) in [5.74, 6) is -1.05. The van der Waals surface area contributed by atoms with Crippen molar-refractivity contribution in [1.29, 1.82) is 0 Å². The Morgan fingerprint density at radius 1 is 0.614 bits per heavy atom. The summed E-state index contributed by atoms with van der Waals surface area (Å²) in [5.41, 5.74) is 0. The summed E-state index contributed by atoms with van der Waals surface area (Å²) in [6.07, 6.45) is 40.5. The number of likely N-dealkylation sites (tertiary alicyclic amines) is 1. The molecule has 1 aliphatic rings. The van der Waals surface area contributed by atoms with Crippen molar-refractivity contribution in [2.24, 2.45) is 11.8 Å². The van der Waals surface area contributed by atoms with Crippen LogP contribution in [0.2, 0.25) is 18.1 Å². The number of carbonyl (C=O) groups is 3. The van der Waals surface area contributed by atoms with Gasteiger partial charge in [-0.3, -0.25) is 9.59 Å². The zero-order valence-corrected chi connectivity index (χ0v) is 47.1. The molecule has 2 unspecified atom stereocenters. The van der Waals surface area contributed by atoms with Crippen LogP contribution in [-0.2, 0) is 42.4 Å². The van der Waals surface area contributed by atoms with Crippen molar-refractivity contribution in [1.82, 2.24) is 4.90 Å². The van der Waals surface area contributed by atoms with Crippen molar-refractivity contribution in [2.45, 2.75) is 226 Å². The third-order valence-electron chi connectivity index (χ3n) is 13.2. The van der Waals surface area contributed by atoms with Crippen LogP contribution in [0.3, 0.4) is 0 Å². The molecule has 11 nitrogen and oxygen atoms in total. The van der Waals surface area contributed by atoms with E-state index in [2.05, 4.69) is 108 Å². The highest BCUT2D eigenvalue weighted by Crippen LogP contribution is 2.36. The van der Waals surface area contributed by atoms with Crippen LogP contribution in [0.5, 0.6) is 0 Å². The van der Waals surface area contributed by atoms with Gasteiger partial charge in [0.1, 0.15) is 19.8 Å². The van der Waals surface area contributed by atoms with Crippen LogP contribution in [0, 0.1) is 11.8 Å². The third kappa shape index (κ3) is 37.9. The van der Waals surface area contributed by atoms with Crippen molar-refractivity contribution in [2.75, 3.05) is 65.9 Å². The molecule has 12 heteroatoms. The molecule has 0 saturated carbocycles. The Hall–Kier alpha value is -2.77. The van der Waals surface area contributed by atoms with Gasteiger partial charge in [0.15, 0.2) is 14.6 Å². The number of hydrogen-bond donors (Lipinski definition) is 0. The summed E-state index contributed by atoms with van der Waals surface area (Å²) in [6, 6.07) is 0. The molecule has 2 atom stereocenters. The number of rotatable bonds is 44. The second-order valence-electron chi connectivity index (χ2n) is 20.8. The first-order valence-electron chi connectivity index (χ1n) is 28.1. The molecule has 0 aromatic carbocycles. The third-order valence-corrected chi connectivity index (χ3v) is 17.7. The molecule has 0 bridgehead atoms. The zero-order chi connectivity index (χ0) is 51.4. The molecule has 406 valence electrons. The number of esters is 2. The van der Waals surface area contributed by atoms with Crippen molar-refractivity contribution >= 4 is 26.4 Å². The van der Waals surface area contributed by atoms with E-state index in [-0.39, 0.29) is 49.8 Å². The summed E-state index contributed by atoms with van der Waals surface area (Å²) < 4.78 is 41.1. The molecular formula is C58H105NO10Si. The van der Waals surface area contributed by atoms with E-state index in [0.29, 0.717) is 26.1 Å². The molecule has 70 heavy (non-hydrogen) atoms. The van der Waals surface area contributed by atoms with Crippen molar-refractivity contribution in [3.05, 3.63) is 48.6 Å². The van der Waals surface area contributed by atoms with Gasteiger partial charge in [-0.2, -0.15) is 0 Å². The largest absolute Gasteiger partial charge is 0.508 e. The van der Waals surface area contributed by atoms with E-state index < -0.39 is 32.6 Å². The Kier molecular flexibility index (Phi) is 40.8. The number of allylic oxidation sites excluding steroid dienone is 8. The Morgan fingerprint density at radius 2 is 1.16 bits per heavy atom. The Morgan fingerprint density at radius 3 is 1.76 bits per heavy atom. The summed E-state index contributed by atoms with van der Waals surface area (Å²) in [5, 5.41) is 0.193. The molecule has 0 aromatic rings. The minimum atomic E-state index is -1.77. The van der Waals surface area contributed by atoms with Gasteiger partial charge in [0.05, 0.1) is 18.9 Å². The summed E-state index contributed by atoms with van der Waals surface area (Å²) in [7, 11) is -1.77. The highest BCUT2D eigenvalue weighted by Gasteiger charge is 2.37. The lowest BCUT2D eigenvalue weighted by Crippen LogP contribution is -2.42.